The molecule has 104 valence electrons. The maximum atomic E-state index is 13.8. The van der Waals surface area contributed by atoms with Gasteiger partial charge < -0.3 is 9.84 Å². The molecule has 2 atom stereocenters. The lowest BCUT2D eigenvalue weighted by molar-refractivity contribution is 0.0497. The number of aliphatic hydroxyl groups excluding tert-OH is 1. The van der Waals surface area contributed by atoms with Crippen LogP contribution in [0.25, 0.3) is 0 Å². The summed E-state index contributed by atoms with van der Waals surface area (Å²) in [4.78, 5) is 0. The molecule has 0 amide bonds. The van der Waals surface area contributed by atoms with Crippen LogP contribution in [-0.2, 0) is 12.8 Å². The van der Waals surface area contributed by atoms with Crippen molar-refractivity contribution in [1.29, 1.82) is 0 Å². The summed E-state index contributed by atoms with van der Waals surface area (Å²) in [7, 11) is 0. The van der Waals surface area contributed by atoms with Crippen LogP contribution >= 0.6 is 15.9 Å². The molecule has 0 saturated carbocycles. The third-order valence-corrected chi connectivity index (χ3v) is 4.04. The molecular formula is C16H14BrFO2. The van der Waals surface area contributed by atoms with Crippen molar-refractivity contribution in [1.82, 2.24) is 0 Å². The SMILES string of the molecule is OC(Cc1ccc(Br)cc1F)C1Cc2ccccc2O1. The molecule has 1 aliphatic rings. The second-order valence-electron chi connectivity index (χ2n) is 4.98. The third kappa shape index (κ3) is 2.72. The third-order valence-electron chi connectivity index (χ3n) is 3.55. The highest BCUT2D eigenvalue weighted by Crippen LogP contribution is 2.30. The van der Waals surface area contributed by atoms with E-state index in [-0.39, 0.29) is 18.3 Å². The first-order valence-electron chi connectivity index (χ1n) is 6.50. The lowest BCUT2D eigenvalue weighted by Gasteiger charge is -2.18. The number of hydrogen-bond donors (Lipinski definition) is 1. The number of halogens is 2. The van der Waals surface area contributed by atoms with Gasteiger partial charge in [0.05, 0.1) is 6.10 Å². The van der Waals surface area contributed by atoms with Gasteiger partial charge in [-0.25, -0.2) is 4.39 Å². The predicted octanol–water partition coefficient (Wildman–Crippen LogP) is 3.50. The summed E-state index contributed by atoms with van der Waals surface area (Å²) in [6.45, 7) is 0. The van der Waals surface area contributed by atoms with E-state index in [9.17, 15) is 9.50 Å². The van der Waals surface area contributed by atoms with E-state index in [1.165, 1.54) is 6.07 Å². The highest BCUT2D eigenvalue weighted by atomic mass is 79.9. The van der Waals surface area contributed by atoms with E-state index < -0.39 is 6.10 Å². The molecule has 0 aromatic heterocycles. The minimum Gasteiger partial charge on any atom is -0.487 e. The molecular weight excluding hydrogens is 323 g/mol. The maximum Gasteiger partial charge on any atom is 0.129 e. The molecule has 2 nitrogen and oxygen atoms in total. The fourth-order valence-corrected chi connectivity index (χ4v) is 2.80. The molecule has 0 saturated heterocycles. The van der Waals surface area contributed by atoms with Gasteiger partial charge in [0.25, 0.3) is 0 Å². The van der Waals surface area contributed by atoms with Crippen molar-refractivity contribution in [2.24, 2.45) is 0 Å². The van der Waals surface area contributed by atoms with Crippen LogP contribution in [0.4, 0.5) is 4.39 Å². The fourth-order valence-electron chi connectivity index (χ4n) is 2.47. The van der Waals surface area contributed by atoms with Crippen molar-refractivity contribution >= 4 is 15.9 Å². The minimum absolute atomic E-state index is 0.248. The largest absolute Gasteiger partial charge is 0.487 e. The van der Waals surface area contributed by atoms with E-state index in [0.717, 1.165) is 11.3 Å². The van der Waals surface area contributed by atoms with Crippen molar-refractivity contribution in [2.75, 3.05) is 0 Å². The Morgan fingerprint density at radius 3 is 2.85 bits per heavy atom. The number of fused-ring (bicyclic) bond motifs is 1. The zero-order valence-electron chi connectivity index (χ0n) is 10.7. The summed E-state index contributed by atoms with van der Waals surface area (Å²) >= 11 is 3.22. The van der Waals surface area contributed by atoms with Crippen LogP contribution in [-0.4, -0.2) is 17.3 Å². The first-order valence-corrected chi connectivity index (χ1v) is 7.29. The van der Waals surface area contributed by atoms with Gasteiger partial charge in [0, 0.05) is 17.3 Å². The van der Waals surface area contributed by atoms with E-state index in [4.69, 9.17) is 4.74 Å². The van der Waals surface area contributed by atoms with Crippen molar-refractivity contribution in [3.05, 3.63) is 63.9 Å². The maximum absolute atomic E-state index is 13.8. The lowest BCUT2D eigenvalue weighted by atomic mass is 10.00. The second kappa shape index (κ2) is 5.54. The van der Waals surface area contributed by atoms with Crippen molar-refractivity contribution < 1.29 is 14.2 Å². The molecule has 2 aromatic carbocycles. The molecule has 20 heavy (non-hydrogen) atoms. The van der Waals surface area contributed by atoms with E-state index in [0.29, 0.717) is 16.5 Å². The summed E-state index contributed by atoms with van der Waals surface area (Å²) in [5, 5.41) is 10.3. The van der Waals surface area contributed by atoms with Crippen LogP contribution in [0.1, 0.15) is 11.1 Å². The number of rotatable bonds is 3. The Kier molecular flexibility index (Phi) is 3.76. The number of aliphatic hydroxyl groups is 1. The van der Waals surface area contributed by atoms with Gasteiger partial charge in [0.1, 0.15) is 17.7 Å². The molecule has 4 heteroatoms. The highest BCUT2D eigenvalue weighted by Gasteiger charge is 2.29. The minimum atomic E-state index is -0.724. The number of para-hydroxylation sites is 1. The normalized spacial score (nSPS) is 18.4. The predicted molar refractivity (Wildman–Crippen MR) is 78.4 cm³/mol. The van der Waals surface area contributed by atoms with Crippen molar-refractivity contribution in [2.45, 2.75) is 25.0 Å². The van der Waals surface area contributed by atoms with Crippen molar-refractivity contribution in [3.63, 3.8) is 0 Å². The van der Waals surface area contributed by atoms with Gasteiger partial charge >= 0.3 is 0 Å². The quantitative estimate of drug-likeness (QED) is 0.929. The summed E-state index contributed by atoms with van der Waals surface area (Å²) in [6, 6.07) is 12.6. The number of ether oxygens (including phenoxy) is 1. The second-order valence-corrected chi connectivity index (χ2v) is 5.89. The Balaban J connectivity index is 1.70. The summed E-state index contributed by atoms with van der Waals surface area (Å²) in [6.07, 6.45) is -0.124. The van der Waals surface area contributed by atoms with Crippen LogP contribution in [0.5, 0.6) is 5.75 Å². The van der Waals surface area contributed by atoms with Gasteiger partial charge in [0.15, 0.2) is 0 Å². The van der Waals surface area contributed by atoms with Gasteiger partial charge in [0.2, 0.25) is 0 Å². The van der Waals surface area contributed by atoms with Gasteiger partial charge in [-0.2, -0.15) is 0 Å². The Hall–Kier alpha value is -1.39. The van der Waals surface area contributed by atoms with Crippen LogP contribution in [0.3, 0.4) is 0 Å². The lowest BCUT2D eigenvalue weighted by Crippen LogP contribution is -2.32. The molecule has 0 fully saturated rings. The monoisotopic (exact) mass is 336 g/mol. The van der Waals surface area contributed by atoms with E-state index in [1.807, 2.05) is 24.3 Å². The average Bonchev–Trinajstić information content (AvgIpc) is 2.86. The summed E-state index contributed by atoms with van der Waals surface area (Å²) in [5.41, 5.74) is 1.59. The van der Waals surface area contributed by atoms with Crippen molar-refractivity contribution in [3.8, 4) is 5.75 Å². The molecule has 0 spiro atoms. The van der Waals surface area contributed by atoms with Gasteiger partial charge in [-0.15, -0.1) is 0 Å². The molecule has 0 radical (unpaired) electrons. The molecule has 2 aromatic rings. The number of benzene rings is 2. The molecule has 2 unspecified atom stereocenters. The Bertz CT molecular complexity index is 605. The number of hydrogen-bond acceptors (Lipinski definition) is 2. The first-order chi connectivity index (χ1) is 9.63. The zero-order chi connectivity index (χ0) is 14.1. The molecule has 3 rings (SSSR count). The van der Waals surface area contributed by atoms with E-state index in [1.54, 1.807) is 12.1 Å². The molecule has 0 aliphatic carbocycles. The smallest absolute Gasteiger partial charge is 0.129 e. The average molecular weight is 337 g/mol. The van der Waals surface area contributed by atoms with Gasteiger partial charge in [-0.1, -0.05) is 40.2 Å². The zero-order valence-corrected chi connectivity index (χ0v) is 12.3. The van der Waals surface area contributed by atoms with Gasteiger partial charge in [-0.05, 0) is 29.3 Å². The Labute approximate surface area is 125 Å². The van der Waals surface area contributed by atoms with Gasteiger partial charge in [-0.3, -0.25) is 0 Å². The van der Waals surface area contributed by atoms with Crippen LogP contribution in [0, 0.1) is 5.82 Å². The van der Waals surface area contributed by atoms with E-state index >= 15 is 0 Å². The first kappa shape index (κ1) is 13.6. The molecule has 1 heterocycles. The summed E-state index contributed by atoms with van der Waals surface area (Å²) < 4.78 is 20.2. The van der Waals surface area contributed by atoms with E-state index in [2.05, 4.69) is 15.9 Å². The topological polar surface area (TPSA) is 29.5 Å². The molecule has 1 aliphatic heterocycles. The highest BCUT2D eigenvalue weighted by molar-refractivity contribution is 9.10. The standard InChI is InChI=1S/C16H14BrFO2/c17-12-6-5-10(13(18)9-12)7-14(19)16-8-11-3-1-2-4-15(11)20-16/h1-6,9,14,16,19H,7-8H2. The molecule has 1 N–H and O–H groups in total. The van der Waals surface area contributed by atoms with Crippen LogP contribution < -0.4 is 4.74 Å². The van der Waals surface area contributed by atoms with Crippen LogP contribution in [0.2, 0.25) is 0 Å². The summed E-state index contributed by atoms with van der Waals surface area (Å²) in [5.74, 6) is 0.502. The fraction of sp³-hybridized carbons (Fsp3) is 0.250. The van der Waals surface area contributed by atoms with Crippen LogP contribution in [0.15, 0.2) is 46.9 Å². The molecule has 0 bridgehead atoms. The Morgan fingerprint density at radius 1 is 1.30 bits per heavy atom. The Morgan fingerprint density at radius 2 is 2.10 bits per heavy atom.